The van der Waals surface area contributed by atoms with Crippen molar-refractivity contribution >= 4 is 24.2 Å². The van der Waals surface area contributed by atoms with E-state index in [9.17, 15) is 4.79 Å². The molecule has 2 N–H and O–H groups in total. The average Bonchev–Trinajstić information content (AvgIpc) is 3.34. The van der Waals surface area contributed by atoms with Crippen molar-refractivity contribution in [3.05, 3.63) is 45.8 Å². The number of nitrogens with one attached hydrogen (secondary N) is 2. The zero-order chi connectivity index (χ0) is 19.3. The first kappa shape index (κ1) is 20.1. The number of amides is 1. The Balaban J connectivity index is 2.22. The van der Waals surface area contributed by atoms with E-state index in [1.165, 1.54) is 0 Å². The lowest BCUT2D eigenvalue weighted by molar-refractivity contribution is -0.117. The molecular weight excluding hydrogens is 350 g/mol. The van der Waals surface area contributed by atoms with Gasteiger partial charge in [-0.05, 0) is 58.4 Å². The second kappa shape index (κ2) is 8.45. The summed E-state index contributed by atoms with van der Waals surface area (Å²) in [6.45, 7) is 12.0. The molecule has 1 fully saturated rings. The van der Waals surface area contributed by atoms with Crippen molar-refractivity contribution < 1.29 is 4.79 Å². The van der Waals surface area contributed by atoms with Crippen molar-refractivity contribution in [3.63, 3.8) is 0 Å². The maximum atomic E-state index is 12.9. The quantitative estimate of drug-likeness (QED) is 0.315. The maximum absolute atomic E-state index is 12.9. The lowest BCUT2D eigenvalue weighted by Gasteiger charge is -2.20. The van der Waals surface area contributed by atoms with Gasteiger partial charge in [0.1, 0.15) is 5.82 Å². The third kappa shape index (κ3) is 5.14. The Morgan fingerprint density at radius 2 is 1.96 bits per heavy atom. The molecule has 1 aromatic heterocycles. The first-order valence-corrected chi connectivity index (χ1v) is 9.08. The Labute approximate surface area is 159 Å². The summed E-state index contributed by atoms with van der Waals surface area (Å²) < 4.78 is 0. The smallest absolute Gasteiger partial charge is 0.251 e. The molecule has 0 atom stereocenters. The highest BCUT2D eigenvalue weighted by molar-refractivity contribution is 6.28. The summed E-state index contributed by atoms with van der Waals surface area (Å²) in [7, 11) is 0. The van der Waals surface area contributed by atoms with Gasteiger partial charge in [0.2, 0.25) is 5.28 Å². The largest absolute Gasteiger partial charge is 0.365 e. The molecular formula is C19H26ClN5O. The lowest BCUT2D eigenvalue weighted by atomic mass is 9.97. The Morgan fingerprint density at radius 1 is 1.35 bits per heavy atom. The van der Waals surface area contributed by atoms with Crippen molar-refractivity contribution in [2.45, 2.75) is 59.0 Å². The van der Waals surface area contributed by atoms with Crippen LogP contribution in [0.1, 0.15) is 52.5 Å². The van der Waals surface area contributed by atoms with E-state index in [0.717, 1.165) is 29.6 Å². The summed E-state index contributed by atoms with van der Waals surface area (Å²) in [5, 5.41) is 6.55. The molecule has 1 amide bonds. The van der Waals surface area contributed by atoms with Gasteiger partial charge in [-0.15, -0.1) is 0 Å². The number of halogens is 1. The molecule has 0 bridgehead atoms. The van der Waals surface area contributed by atoms with Crippen molar-refractivity contribution in [1.29, 1.82) is 0 Å². The Hall–Kier alpha value is -2.21. The fourth-order valence-electron chi connectivity index (χ4n) is 2.64. The van der Waals surface area contributed by atoms with Crippen molar-refractivity contribution in [1.82, 2.24) is 20.6 Å². The molecule has 2 rings (SSSR count). The van der Waals surface area contributed by atoms with Gasteiger partial charge in [-0.1, -0.05) is 12.5 Å². The van der Waals surface area contributed by atoms with Crippen LogP contribution < -0.4 is 10.6 Å². The average molecular weight is 376 g/mol. The van der Waals surface area contributed by atoms with Gasteiger partial charge in [0.05, 0.1) is 0 Å². The predicted octanol–water partition coefficient (Wildman–Crippen LogP) is 3.55. The molecule has 7 heteroatoms. The SMILES string of the molecule is C=N/C(NC1(C)CC1)=C(\CC)C(C(=O)NCc1cnc(Cl)nc1)=C(C)C. The van der Waals surface area contributed by atoms with E-state index >= 15 is 0 Å². The van der Waals surface area contributed by atoms with Crippen LogP contribution in [0.3, 0.4) is 0 Å². The predicted molar refractivity (Wildman–Crippen MR) is 105 cm³/mol. The molecule has 6 nitrogen and oxygen atoms in total. The van der Waals surface area contributed by atoms with Gasteiger partial charge in [-0.3, -0.25) is 4.79 Å². The molecule has 0 saturated heterocycles. The van der Waals surface area contributed by atoms with Crippen LogP contribution in [-0.4, -0.2) is 28.1 Å². The minimum Gasteiger partial charge on any atom is -0.365 e. The van der Waals surface area contributed by atoms with Crippen LogP contribution in [0.5, 0.6) is 0 Å². The van der Waals surface area contributed by atoms with E-state index in [2.05, 4.69) is 39.2 Å². The minimum atomic E-state index is -0.152. The zero-order valence-corrected chi connectivity index (χ0v) is 16.6. The highest BCUT2D eigenvalue weighted by Gasteiger charge is 2.38. The second-order valence-corrected chi connectivity index (χ2v) is 7.28. The summed E-state index contributed by atoms with van der Waals surface area (Å²) in [5.41, 5.74) is 3.28. The first-order chi connectivity index (χ1) is 12.3. The van der Waals surface area contributed by atoms with Gasteiger partial charge in [0.15, 0.2) is 0 Å². The third-order valence-electron chi connectivity index (χ3n) is 4.37. The Bertz CT molecular complexity index is 744. The number of carbonyl (C=O) groups is 1. The number of aromatic nitrogens is 2. The van der Waals surface area contributed by atoms with E-state index in [4.69, 9.17) is 11.6 Å². The molecule has 0 aliphatic heterocycles. The van der Waals surface area contributed by atoms with Crippen LogP contribution >= 0.6 is 11.6 Å². The molecule has 1 heterocycles. The van der Waals surface area contributed by atoms with E-state index in [1.807, 2.05) is 20.8 Å². The number of hydrogen-bond donors (Lipinski definition) is 2. The zero-order valence-electron chi connectivity index (χ0n) is 15.8. The van der Waals surface area contributed by atoms with Gasteiger partial charge in [0, 0.05) is 41.2 Å². The van der Waals surface area contributed by atoms with E-state index in [0.29, 0.717) is 24.4 Å². The Morgan fingerprint density at radius 3 is 2.42 bits per heavy atom. The van der Waals surface area contributed by atoms with Crippen LogP contribution in [0.25, 0.3) is 0 Å². The number of allylic oxidation sites excluding steroid dienone is 1. The van der Waals surface area contributed by atoms with Gasteiger partial charge >= 0.3 is 0 Å². The van der Waals surface area contributed by atoms with Crippen molar-refractivity contribution in [2.24, 2.45) is 4.99 Å². The number of nitrogens with zero attached hydrogens (tertiary/aromatic N) is 3. The van der Waals surface area contributed by atoms with Crippen molar-refractivity contribution in [3.8, 4) is 0 Å². The second-order valence-electron chi connectivity index (χ2n) is 6.94. The number of carbonyl (C=O) groups excluding carboxylic acids is 1. The highest BCUT2D eigenvalue weighted by atomic mass is 35.5. The molecule has 26 heavy (non-hydrogen) atoms. The first-order valence-electron chi connectivity index (χ1n) is 8.70. The van der Waals surface area contributed by atoms with Gasteiger partial charge in [-0.25, -0.2) is 15.0 Å². The molecule has 1 saturated carbocycles. The van der Waals surface area contributed by atoms with Gasteiger partial charge < -0.3 is 10.6 Å². The van der Waals surface area contributed by atoms with Gasteiger partial charge in [-0.2, -0.15) is 0 Å². The molecule has 140 valence electrons. The summed E-state index contributed by atoms with van der Waals surface area (Å²) in [6.07, 6.45) is 6.06. The normalized spacial score (nSPS) is 15.6. The molecule has 1 aliphatic carbocycles. The van der Waals surface area contributed by atoms with Crippen LogP contribution in [0.2, 0.25) is 5.28 Å². The molecule has 0 unspecified atom stereocenters. The summed E-state index contributed by atoms with van der Waals surface area (Å²) in [4.78, 5) is 24.9. The number of rotatable bonds is 8. The van der Waals surface area contributed by atoms with Crippen LogP contribution in [0.4, 0.5) is 0 Å². The van der Waals surface area contributed by atoms with E-state index in [-0.39, 0.29) is 16.7 Å². The topological polar surface area (TPSA) is 79.3 Å². The maximum Gasteiger partial charge on any atom is 0.251 e. The third-order valence-corrected chi connectivity index (χ3v) is 4.57. The van der Waals surface area contributed by atoms with Crippen molar-refractivity contribution in [2.75, 3.05) is 0 Å². The number of aliphatic imine (C=N–C) groups is 1. The summed E-state index contributed by atoms with van der Waals surface area (Å²) in [5.74, 6) is 0.536. The molecule has 0 spiro atoms. The minimum absolute atomic E-state index is 0.0564. The van der Waals surface area contributed by atoms with E-state index in [1.54, 1.807) is 12.4 Å². The fraction of sp³-hybridized carbons (Fsp3) is 0.474. The van der Waals surface area contributed by atoms with E-state index < -0.39 is 0 Å². The number of hydrogen-bond acceptors (Lipinski definition) is 5. The van der Waals surface area contributed by atoms with Crippen LogP contribution in [0.15, 0.2) is 39.9 Å². The van der Waals surface area contributed by atoms with Crippen LogP contribution in [-0.2, 0) is 11.3 Å². The lowest BCUT2D eigenvalue weighted by Crippen LogP contribution is -2.30. The molecule has 1 aliphatic rings. The Kier molecular flexibility index (Phi) is 6.53. The summed E-state index contributed by atoms with van der Waals surface area (Å²) >= 11 is 5.69. The monoisotopic (exact) mass is 375 g/mol. The highest BCUT2D eigenvalue weighted by Crippen LogP contribution is 2.36. The molecule has 0 aromatic carbocycles. The molecule has 0 radical (unpaired) electrons. The standard InChI is InChI=1S/C19H26ClN5O/c1-6-14(16(21-5)25-19(4)7-8-19)15(12(2)3)17(26)22-9-13-10-23-18(20)24-11-13/h10-11,25H,5-9H2,1-4H3,(H,22,26)/b16-14-. The summed E-state index contributed by atoms with van der Waals surface area (Å²) in [6, 6.07) is 0. The van der Waals surface area contributed by atoms with Gasteiger partial charge in [0.25, 0.3) is 5.91 Å². The fourth-order valence-corrected chi connectivity index (χ4v) is 2.74. The molecule has 1 aromatic rings. The van der Waals surface area contributed by atoms with Crippen LogP contribution in [0, 0.1) is 0 Å².